The monoisotopic (exact) mass is 655 g/mol. The van der Waals surface area contributed by atoms with Crippen LogP contribution in [0.3, 0.4) is 0 Å². The molecule has 2 saturated heterocycles. The Morgan fingerprint density at radius 3 is 2.77 bits per heavy atom. The second-order valence-corrected chi connectivity index (χ2v) is 14.3. The molecular formula is C37H39F2N5O4. The third kappa shape index (κ3) is 5.40. The molecule has 0 spiro atoms. The molecule has 0 amide bonds. The van der Waals surface area contributed by atoms with Crippen LogP contribution in [-0.4, -0.2) is 87.2 Å². The number of aliphatic hydroxyl groups is 1. The fourth-order valence-corrected chi connectivity index (χ4v) is 8.44. The molecular weight excluding hydrogens is 616 g/mol. The van der Waals surface area contributed by atoms with E-state index in [2.05, 4.69) is 20.8 Å². The van der Waals surface area contributed by atoms with Gasteiger partial charge in [0.1, 0.15) is 34.2 Å². The third-order valence-electron chi connectivity index (χ3n) is 10.7. The number of hydrogen-bond donors (Lipinski definition) is 2. The quantitative estimate of drug-likeness (QED) is 0.258. The van der Waals surface area contributed by atoms with E-state index >= 15 is 4.39 Å². The largest absolute Gasteiger partial charge is 0.508 e. The normalized spacial score (nSPS) is 26.4. The Balaban J connectivity index is 1.26. The van der Waals surface area contributed by atoms with Crippen LogP contribution < -0.4 is 9.64 Å². The average Bonchev–Trinajstić information content (AvgIpc) is 3.85. The van der Waals surface area contributed by atoms with E-state index in [0.717, 1.165) is 38.6 Å². The van der Waals surface area contributed by atoms with Crippen molar-refractivity contribution < 1.29 is 28.5 Å². The summed E-state index contributed by atoms with van der Waals surface area (Å²) in [5.74, 6) is 1.18. The fourth-order valence-electron chi connectivity index (χ4n) is 8.44. The van der Waals surface area contributed by atoms with Gasteiger partial charge in [-0.2, -0.15) is 9.97 Å². The molecule has 0 bridgehead atoms. The lowest BCUT2D eigenvalue weighted by atomic mass is 9.75. The molecule has 4 heterocycles. The van der Waals surface area contributed by atoms with Crippen LogP contribution in [0.1, 0.15) is 57.4 Å². The molecule has 2 aromatic carbocycles. The number of piperidine rings is 1. The Morgan fingerprint density at radius 2 is 1.96 bits per heavy atom. The van der Waals surface area contributed by atoms with Crippen molar-refractivity contribution in [1.82, 2.24) is 19.9 Å². The zero-order valence-electron chi connectivity index (χ0n) is 27.0. The molecule has 8 rings (SSSR count). The van der Waals surface area contributed by atoms with Crippen LogP contribution in [0.25, 0.3) is 32.9 Å². The van der Waals surface area contributed by atoms with Gasteiger partial charge in [-0.15, -0.1) is 6.42 Å². The summed E-state index contributed by atoms with van der Waals surface area (Å²) in [7, 11) is 0. The van der Waals surface area contributed by atoms with Crippen molar-refractivity contribution in [3.63, 3.8) is 0 Å². The maximum Gasteiger partial charge on any atom is 0.319 e. The van der Waals surface area contributed by atoms with E-state index in [0.29, 0.717) is 48.4 Å². The maximum atomic E-state index is 16.9. The van der Waals surface area contributed by atoms with Crippen LogP contribution >= 0.6 is 0 Å². The number of fused-ring (bicyclic) bond motifs is 3. The summed E-state index contributed by atoms with van der Waals surface area (Å²) in [4.78, 5) is 18.5. The first-order valence-electron chi connectivity index (χ1n) is 16.9. The van der Waals surface area contributed by atoms with Gasteiger partial charge in [-0.1, -0.05) is 18.4 Å². The number of aromatic nitrogens is 3. The lowest BCUT2D eigenvalue weighted by molar-refractivity contribution is -0.0123. The van der Waals surface area contributed by atoms with E-state index in [1.54, 1.807) is 6.92 Å². The molecule has 4 aliphatic rings. The molecule has 48 heavy (non-hydrogen) atoms. The van der Waals surface area contributed by atoms with Gasteiger partial charge in [-0.05, 0) is 75.6 Å². The molecule has 2 aliphatic carbocycles. The van der Waals surface area contributed by atoms with Gasteiger partial charge in [-0.25, -0.2) is 8.78 Å². The summed E-state index contributed by atoms with van der Waals surface area (Å²) < 4.78 is 44.0. The van der Waals surface area contributed by atoms with Gasteiger partial charge < -0.3 is 24.6 Å². The highest BCUT2D eigenvalue weighted by Gasteiger charge is 2.51. The lowest BCUT2D eigenvalue weighted by Crippen LogP contribution is -2.52. The Bertz CT molecular complexity index is 1960. The highest BCUT2D eigenvalue weighted by molar-refractivity contribution is 6.03. The standard InChI is InChI=1S/C37H39F2N5O4/c1-3-25-28(38)10-7-22-16-24(45)17-26(30(22)25)32-31(39)33-27(18-40-32)34(43-14-15-47-20-36(2,46)19-43)42-35(41-33)48-21-37-11-4-6-29(37)44(13-5-12-37)23-8-9-23/h1,7,10,16-18,23,29,45-46H,4-6,8-9,11-15,19-21H2,2H3. The lowest BCUT2D eigenvalue weighted by Gasteiger charge is -2.46. The molecule has 250 valence electrons. The van der Waals surface area contributed by atoms with Gasteiger partial charge in [-0.3, -0.25) is 9.88 Å². The summed E-state index contributed by atoms with van der Waals surface area (Å²) in [5, 5.41) is 22.6. The van der Waals surface area contributed by atoms with E-state index in [1.165, 1.54) is 43.3 Å². The Kier molecular flexibility index (Phi) is 7.66. The molecule has 9 nitrogen and oxygen atoms in total. The summed E-state index contributed by atoms with van der Waals surface area (Å²) in [6.45, 7) is 4.30. The minimum absolute atomic E-state index is 0.0163. The van der Waals surface area contributed by atoms with Crippen molar-refractivity contribution in [2.24, 2.45) is 5.41 Å². The van der Waals surface area contributed by atoms with Gasteiger partial charge >= 0.3 is 6.01 Å². The first kappa shape index (κ1) is 31.2. The summed E-state index contributed by atoms with van der Waals surface area (Å²) in [6.07, 6.45) is 15.2. The molecule has 0 radical (unpaired) electrons. The number of benzene rings is 2. The van der Waals surface area contributed by atoms with Crippen molar-refractivity contribution >= 4 is 27.5 Å². The molecule has 2 N–H and O–H groups in total. The minimum Gasteiger partial charge on any atom is -0.508 e. The van der Waals surface area contributed by atoms with Crippen LogP contribution in [0, 0.1) is 29.4 Å². The number of halogens is 2. The van der Waals surface area contributed by atoms with E-state index < -0.39 is 17.2 Å². The number of β-amino-alcohol motifs (C(OH)–C–C–N with tert-alkyl or cyclic N) is 1. The van der Waals surface area contributed by atoms with Gasteiger partial charge in [0.25, 0.3) is 0 Å². The van der Waals surface area contributed by atoms with Crippen LogP contribution in [0.2, 0.25) is 0 Å². The van der Waals surface area contributed by atoms with E-state index in [1.807, 2.05) is 4.90 Å². The van der Waals surface area contributed by atoms with Crippen LogP contribution in [0.15, 0.2) is 30.5 Å². The number of phenols is 1. The SMILES string of the molecule is C#Cc1c(F)ccc2cc(O)cc(-c3ncc4c(N5CCOCC(C)(O)C5)nc(OCC56CCCC5N(C5CC5)CCC6)nc4c3F)c12. The number of ether oxygens (including phenoxy) is 2. The van der Waals surface area contributed by atoms with Crippen molar-refractivity contribution in [1.29, 1.82) is 0 Å². The fraction of sp³-hybridized carbons (Fsp3) is 0.486. The summed E-state index contributed by atoms with van der Waals surface area (Å²) in [6, 6.07) is 6.65. The van der Waals surface area contributed by atoms with Crippen molar-refractivity contribution in [3.05, 3.63) is 47.7 Å². The molecule has 2 saturated carbocycles. The molecule has 3 unspecified atom stereocenters. The van der Waals surface area contributed by atoms with E-state index in [-0.39, 0.29) is 58.1 Å². The topological polar surface area (TPSA) is 104 Å². The summed E-state index contributed by atoms with van der Waals surface area (Å²) in [5.41, 5.74) is -1.29. The second-order valence-electron chi connectivity index (χ2n) is 14.3. The number of pyridine rings is 1. The highest BCUT2D eigenvalue weighted by Crippen LogP contribution is 2.51. The number of hydrogen-bond acceptors (Lipinski definition) is 9. The van der Waals surface area contributed by atoms with Crippen LogP contribution in [-0.2, 0) is 4.74 Å². The predicted molar refractivity (Wildman–Crippen MR) is 178 cm³/mol. The number of terminal acetylenes is 1. The van der Waals surface area contributed by atoms with Crippen molar-refractivity contribution in [2.45, 2.75) is 69.6 Å². The summed E-state index contributed by atoms with van der Waals surface area (Å²) >= 11 is 0. The Labute approximate surface area is 277 Å². The first-order chi connectivity index (χ1) is 23.2. The number of nitrogens with zero attached hydrogens (tertiary/aromatic N) is 5. The van der Waals surface area contributed by atoms with Gasteiger partial charge in [0.05, 0.1) is 37.3 Å². The average molecular weight is 656 g/mol. The smallest absolute Gasteiger partial charge is 0.319 e. The van der Waals surface area contributed by atoms with Crippen LogP contribution in [0.4, 0.5) is 14.6 Å². The third-order valence-corrected chi connectivity index (χ3v) is 10.7. The van der Waals surface area contributed by atoms with E-state index in [4.69, 9.17) is 20.9 Å². The minimum atomic E-state index is -1.18. The maximum absolute atomic E-state index is 16.9. The van der Waals surface area contributed by atoms with Gasteiger partial charge in [0, 0.05) is 41.2 Å². The van der Waals surface area contributed by atoms with Gasteiger partial charge in [0.15, 0.2) is 5.82 Å². The predicted octanol–water partition coefficient (Wildman–Crippen LogP) is 5.57. The van der Waals surface area contributed by atoms with Crippen LogP contribution in [0.5, 0.6) is 11.8 Å². The molecule has 2 aliphatic heterocycles. The number of aromatic hydroxyl groups is 1. The molecule has 11 heteroatoms. The zero-order chi connectivity index (χ0) is 33.2. The number of rotatable bonds is 6. The van der Waals surface area contributed by atoms with Gasteiger partial charge in [0.2, 0.25) is 0 Å². The number of phenolic OH excluding ortho intramolecular Hbond substituents is 1. The Hall–Kier alpha value is -4.11. The Morgan fingerprint density at radius 1 is 1.12 bits per heavy atom. The van der Waals surface area contributed by atoms with E-state index in [9.17, 15) is 14.6 Å². The molecule has 3 atom stereocenters. The molecule has 2 aromatic heterocycles. The second kappa shape index (κ2) is 11.8. The molecule has 4 fully saturated rings. The first-order valence-corrected chi connectivity index (χ1v) is 16.9. The highest BCUT2D eigenvalue weighted by atomic mass is 19.1. The van der Waals surface area contributed by atoms with Crippen molar-refractivity contribution in [2.75, 3.05) is 44.4 Å². The number of anilines is 1. The zero-order valence-corrected chi connectivity index (χ0v) is 27.0. The number of likely N-dealkylation sites (tertiary alicyclic amines) is 1. The van der Waals surface area contributed by atoms with Crippen molar-refractivity contribution in [3.8, 4) is 35.4 Å². The molecule has 4 aromatic rings.